The van der Waals surface area contributed by atoms with Crippen molar-refractivity contribution in [3.05, 3.63) is 59.7 Å². The second-order valence-corrected chi connectivity index (χ2v) is 3.90. The van der Waals surface area contributed by atoms with Gasteiger partial charge in [-0.05, 0) is 36.4 Å². The van der Waals surface area contributed by atoms with Crippen LogP contribution in [0.2, 0.25) is 0 Å². The predicted octanol–water partition coefficient (Wildman–Crippen LogP) is 1.78. The molecule has 0 aliphatic heterocycles. The largest absolute Gasteiger partial charge is 0.321 e. The Morgan fingerprint density at radius 1 is 1.25 bits per heavy atom. The Bertz CT molecular complexity index is 654. The van der Waals surface area contributed by atoms with E-state index in [4.69, 9.17) is 5.73 Å². The molecule has 3 N–H and O–H groups in total. The lowest BCUT2D eigenvalue weighted by molar-refractivity contribution is 0.102. The van der Waals surface area contributed by atoms with E-state index in [0.29, 0.717) is 12.2 Å². The highest BCUT2D eigenvalue weighted by Gasteiger charge is 2.07. The molecule has 0 saturated carbocycles. The number of carbonyl (C=O) groups is 1. The second kappa shape index (κ2) is 6.45. The first kappa shape index (κ1) is 13.7. The maximum Gasteiger partial charge on any atom is 0.274 e. The molecule has 0 aliphatic carbocycles. The summed E-state index contributed by atoms with van der Waals surface area (Å²) in [6.07, 6.45) is 1.00. The van der Waals surface area contributed by atoms with Crippen LogP contribution in [0.4, 0.5) is 10.1 Å². The summed E-state index contributed by atoms with van der Waals surface area (Å²) in [5.41, 5.74) is 6.86. The predicted molar refractivity (Wildman–Crippen MR) is 74.5 cm³/mol. The van der Waals surface area contributed by atoms with E-state index in [1.165, 1.54) is 12.1 Å². The number of benzene rings is 1. The number of amides is 1. The summed E-state index contributed by atoms with van der Waals surface area (Å²) < 4.78 is 12.7. The zero-order chi connectivity index (χ0) is 14.4. The Morgan fingerprint density at radius 3 is 2.60 bits per heavy atom. The molecule has 20 heavy (non-hydrogen) atoms. The first-order valence-corrected chi connectivity index (χ1v) is 5.91. The van der Waals surface area contributed by atoms with E-state index < -0.39 is 11.7 Å². The third kappa shape index (κ3) is 3.64. The van der Waals surface area contributed by atoms with Crippen molar-refractivity contribution in [3.8, 4) is 11.8 Å². The lowest BCUT2D eigenvalue weighted by atomic mass is 10.2. The van der Waals surface area contributed by atoms with Crippen molar-refractivity contribution < 1.29 is 9.18 Å². The van der Waals surface area contributed by atoms with Crippen molar-refractivity contribution in [3.63, 3.8) is 0 Å². The summed E-state index contributed by atoms with van der Waals surface area (Å²) in [5, 5.41) is 2.66. The SMILES string of the molecule is NCC#Cc1ccc(NC(=O)c2ccc(F)cn2)cc1. The van der Waals surface area contributed by atoms with Crippen molar-refractivity contribution in [2.75, 3.05) is 11.9 Å². The minimum atomic E-state index is -0.482. The summed E-state index contributed by atoms with van der Waals surface area (Å²) in [4.78, 5) is 15.6. The molecule has 1 aromatic carbocycles. The molecule has 0 atom stereocenters. The lowest BCUT2D eigenvalue weighted by Gasteiger charge is -2.04. The van der Waals surface area contributed by atoms with Gasteiger partial charge in [0.1, 0.15) is 11.5 Å². The topological polar surface area (TPSA) is 68.0 Å². The first-order chi connectivity index (χ1) is 9.69. The Kier molecular flexibility index (Phi) is 4.43. The van der Waals surface area contributed by atoms with E-state index in [2.05, 4.69) is 22.1 Å². The maximum absolute atomic E-state index is 12.7. The molecule has 5 heteroatoms. The van der Waals surface area contributed by atoms with E-state index >= 15 is 0 Å². The Labute approximate surface area is 115 Å². The number of anilines is 1. The van der Waals surface area contributed by atoms with Gasteiger partial charge in [0.05, 0.1) is 12.7 Å². The van der Waals surface area contributed by atoms with Crippen LogP contribution in [0.5, 0.6) is 0 Å². The third-order valence-electron chi connectivity index (χ3n) is 2.44. The summed E-state index contributed by atoms with van der Waals surface area (Å²) >= 11 is 0. The summed E-state index contributed by atoms with van der Waals surface area (Å²) in [5.74, 6) is 4.74. The molecule has 2 aromatic rings. The van der Waals surface area contributed by atoms with Gasteiger partial charge >= 0.3 is 0 Å². The summed E-state index contributed by atoms with van der Waals surface area (Å²) in [7, 11) is 0. The quantitative estimate of drug-likeness (QED) is 0.817. The molecule has 0 bridgehead atoms. The Morgan fingerprint density at radius 2 is 2.00 bits per heavy atom. The van der Waals surface area contributed by atoms with Gasteiger partial charge in [-0.1, -0.05) is 11.8 Å². The van der Waals surface area contributed by atoms with Gasteiger partial charge in [-0.25, -0.2) is 9.37 Å². The van der Waals surface area contributed by atoms with Crippen LogP contribution >= 0.6 is 0 Å². The number of carbonyl (C=O) groups excluding carboxylic acids is 1. The molecule has 0 aliphatic rings. The van der Waals surface area contributed by atoms with E-state index in [9.17, 15) is 9.18 Å². The van der Waals surface area contributed by atoms with Gasteiger partial charge in [0.2, 0.25) is 0 Å². The molecule has 100 valence electrons. The molecule has 1 heterocycles. The van der Waals surface area contributed by atoms with Gasteiger partial charge in [-0.15, -0.1) is 0 Å². The molecule has 1 amide bonds. The standard InChI is InChI=1S/C15H12FN3O/c16-12-5-8-14(18-10-12)15(20)19-13-6-3-11(4-7-13)2-1-9-17/h3-8,10H,9,17H2,(H,19,20). The number of halogens is 1. The smallest absolute Gasteiger partial charge is 0.274 e. The van der Waals surface area contributed by atoms with Crippen molar-refractivity contribution in [1.29, 1.82) is 0 Å². The first-order valence-electron chi connectivity index (χ1n) is 5.91. The Balaban J connectivity index is 2.06. The average Bonchev–Trinajstić information content (AvgIpc) is 2.47. The van der Waals surface area contributed by atoms with Crippen LogP contribution in [0.1, 0.15) is 16.1 Å². The summed E-state index contributed by atoms with van der Waals surface area (Å²) in [6.45, 7) is 0.300. The normalized spacial score (nSPS) is 9.50. The van der Waals surface area contributed by atoms with Crippen LogP contribution in [0.25, 0.3) is 0 Å². The van der Waals surface area contributed by atoms with Gasteiger partial charge in [0.15, 0.2) is 0 Å². The maximum atomic E-state index is 12.7. The van der Waals surface area contributed by atoms with Crippen molar-refractivity contribution in [2.45, 2.75) is 0 Å². The van der Waals surface area contributed by atoms with Crippen molar-refractivity contribution in [2.24, 2.45) is 5.73 Å². The number of nitrogens with one attached hydrogen (secondary N) is 1. The highest BCUT2D eigenvalue weighted by molar-refractivity contribution is 6.02. The molecule has 0 radical (unpaired) electrons. The van der Waals surface area contributed by atoms with Crippen molar-refractivity contribution in [1.82, 2.24) is 4.98 Å². The number of nitrogens with two attached hydrogens (primary N) is 1. The number of hydrogen-bond acceptors (Lipinski definition) is 3. The molecule has 2 rings (SSSR count). The highest BCUT2D eigenvalue weighted by atomic mass is 19.1. The number of nitrogens with zero attached hydrogens (tertiary/aromatic N) is 1. The van der Waals surface area contributed by atoms with E-state index in [0.717, 1.165) is 11.8 Å². The van der Waals surface area contributed by atoms with E-state index in [-0.39, 0.29) is 5.69 Å². The van der Waals surface area contributed by atoms with Crippen LogP contribution in [-0.4, -0.2) is 17.4 Å². The van der Waals surface area contributed by atoms with Crippen LogP contribution in [-0.2, 0) is 0 Å². The third-order valence-corrected chi connectivity index (χ3v) is 2.44. The van der Waals surface area contributed by atoms with Crippen LogP contribution in [0.15, 0.2) is 42.6 Å². The molecular formula is C15H12FN3O. The van der Waals surface area contributed by atoms with Gasteiger partial charge in [-0.2, -0.15) is 0 Å². The molecule has 1 aromatic heterocycles. The molecule has 0 fully saturated rings. The van der Waals surface area contributed by atoms with Gasteiger partial charge < -0.3 is 11.1 Å². The number of pyridine rings is 1. The van der Waals surface area contributed by atoms with Crippen LogP contribution < -0.4 is 11.1 Å². The molecule has 4 nitrogen and oxygen atoms in total. The van der Waals surface area contributed by atoms with E-state index in [1.54, 1.807) is 24.3 Å². The fourth-order valence-corrected chi connectivity index (χ4v) is 1.50. The fourth-order valence-electron chi connectivity index (χ4n) is 1.50. The minimum absolute atomic E-state index is 0.151. The number of aromatic nitrogens is 1. The van der Waals surface area contributed by atoms with Gasteiger partial charge in [0, 0.05) is 11.3 Å². The molecular weight excluding hydrogens is 257 g/mol. The zero-order valence-corrected chi connectivity index (χ0v) is 10.6. The average molecular weight is 269 g/mol. The van der Waals surface area contributed by atoms with E-state index in [1.807, 2.05) is 0 Å². The summed E-state index contributed by atoms with van der Waals surface area (Å²) in [6, 6.07) is 9.51. The number of hydrogen-bond donors (Lipinski definition) is 2. The Hall–Kier alpha value is -2.71. The second-order valence-electron chi connectivity index (χ2n) is 3.90. The fraction of sp³-hybridized carbons (Fsp3) is 0.0667. The van der Waals surface area contributed by atoms with Crippen molar-refractivity contribution >= 4 is 11.6 Å². The minimum Gasteiger partial charge on any atom is -0.321 e. The lowest BCUT2D eigenvalue weighted by Crippen LogP contribution is -2.13. The molecule has 0 unspecified atom stereocenters. The zero-order valence-electron chi connectivity index (χ0n) is 10.6. The molecule has 0 saturated heterocycles. The van der Waals surface area contributed by atoms with Crippen LogP contribution in [0.3, 0.4) is 0 Å². The number of rotatable bonds is 2. The molecule has 0 spiro atoms. The van der Waals surface area contributed by atoms with Gasteiger partial charge in [-0.3, -0.25) is 4.79 Å². The monoisotopic (exact) mass is 269 g/mol. The van der Waals surface area contributed by atoms with Gasteiger partial charge in [0.25, 0.3) is 5.91 Å². The highest BCUT2D eigenvalue weighted by Crippen LogP contribution is 2.10. The van der Waals surface area contributed by atoms with Crippen LogP contribution in [0, 0.1) is 17.7 Å².